The smallest absolute Gasteiger partial charge is 0.305 e. The van der Waals surface area contributed by atoms with Crippen LogP contribution in [0.5, 0.6) is 0 Å². The minimum atomic E-state index is -0.324. The van der Waals surface area contributed by atoms with Crippen LogP contribution in [-0.2, 0) is 9.53 Å². The van der Waals surface area contributed by atoms with Crippen LogP contribution < -0.4 is 0 Å². The molecule has 1 N–H and O–H groups in total. The zero-order valence-electron chi connectivity index (χ0n) is 8.67. The van der Waals surface area contributed by atoms with Gasteiger partial charge in [-0.05, 0) is 26.2 Å². The van der Waals surface area contributed by atoms with Crippen molar-refractivity contribution < 1.29 is 14.6 Å². The number of rotatable bonds is 8. The lowest BCUT2D eigenvalue weighted by Gasteiger charge is -2.07. The van der Waals surface area contributed by atoms with Crippen LogP contribution in [0.4, 0.5) is 0 Å². The molecule has 0 amide bonds. The summed E-state index contributed by atoms with van der Waals surface area (Å²) in [5.74, 6) is 0.332. The summed E-state index contributed by atoms with van der Waals surface area (Å²) in [5.41, 5.74) is 0. The number of carbonyl (C=O) groups is 1. The Morgan fingerprint density at radius 3 is 2.71 bits per heavy atom. The molecule has 0 fully saturated rings. The maximum absolute atomic E-state index is 10.9. The molecule has 4 heteroatoms. The van der Waals surface area contributed by atoms with Gasteiger partial charge in [0.15, 0.2) is 0 Å². The fourth-order valence-corrected chi connectivity index (χ4v) is 1.40. The molecule has 0 saturated carbocycles. The summed E-state index contributed by atoms with van der Waals surface area (Å²) in [6.07, 6.45) is 3.08. The second-order valence-corrected chi connectivity index (χ2v) is 3.56. The number of alkyl halides is 1. The molecule has 14 heavy (non-hydrogen) atoms. The first-order valence-electron chi connectivity index (χ1n) is 5.10. The van der Waals surface area contributed by atoms with Crippen molar-refractivity contribution in [1.29, 1.82) is 0 Å². The number of hydrogen-bond acceptors (Lipinski definition) is 3. The minimum Gasteiger partial charge on any atom is -0.466 e. The molecule has 0 aliphatic carbocycles. The summed E-state index contributed by atoms with van der Waals surface area (Å²) in [7, 11) is 0. The molecule has 1 unspecified atom stereocenters. The summed E-state index contributed by atoms with van der Waals surface area (Å²) < 4.78 is 4.77. The maximum Gasteiger partial charge on any atom is 0.305 e. The fourth-order valence-electron chi connectivity index (χ4n) is 1.15. The van der Waals surface area contributed by atoms with Crippen molar-refractivity contribution in [1.82, 2.24) is 0 Å². The van der Waals surface area contributed by atoms with E-state index < -0.39 is 0 Å². The van der Waals surface area contributed by atoms with Gasteiger partial charge in [-0.3, -0.25) is 4.79 Å². The molecule has 84 valence electrons. The summed E-state index contributed by atoms with van der Waals surface area (Å²) in [6.45, 7) is 2.23. The maximum atomic E-state index is 10.9. The Labute approximate surface area is 90.4 Å². The first-order valence-corrected chi connectivity index (χ1v) is 5.63. The van der Waals surface area contributed by atoms with Crippen molar-refractivity contribution in [3.63, 3.8) is 0 Å². The predicted octanol–water partition coefficient (Wildman–Crippen LogP) is 2.10. The zero-order chi connectivity index (χ0) is 10.8. The summed E-state index contributed by atoms with van der Waals surface area (Å²) in [6, 6.07) is 0. The Kier molecular flexibility index (Phi) is 9.10. The molecule has 0 rings (SSSR count). The molecule has 3 nitrogen and oxygen atoms in total. The van der Waals surface area contributed by atoms with Crippen molar-refractivity contribution in [2.24, 2.45) is 0 Å². The summed E-state index contributed by atoms with van der Waals surface area (Å²) in [5, 5.41) is 9.32. The van der Waals surface area contributed by atoms with Crippen molar-refractivity contribution in [2.45, 2.75) is 45.1 Å². The van der Waals surface area contributed by atoms with Gasteiger partial charge in [-0.2, -0.15) is 0 Å². The van der Waals surface area contributed by atoms with E-state index in [-0.39, 0.29) is 12.1 Å². The molecule has 0 saturated heterocycles. The lowest BCUT2D eigenvalue weighted by Crippen LogP contribution is -2.08. The Morgan fingerprint density at radius 2 is 2.14 bits per heavy atom. The molecule has 0 aromatic heterocycles. The van der Waals surface area contributed by atoms with E-state index in [2.05, 4.69) is 0 Å². The first-order chi connectivity index (χ1) is 6.70. The van der Waals surface area contributed by atoms with E-state index in [0.717, 1.165) is 12.8 Å². The third kappa shape index (κ3) is 8.32. The van der Waals surface area contributed by atoms with E-state index >= 15 is 0 Å². The second kappa shape index (κ2) is 9.28. The van der Waals surface area contributed by atoms with Gasteiger partial charge >= 0.3 is 5.97 Å². The van der Waals surface area contributed by atoms with Gasteiger partial charge in [0.1, 0.15) is 0 Å². The average molecular weight is 223 g/mol. The number of carbonyl (C=O) groups excluding carboxylic acids is 1. The monoisotopic (exact) mass is 222 g/mol. The Balaban J connectivity index is 3.24. The van der Waals surface area contributed by atoms with Crippen LogP contribution >= 0.6 is 11.6 Å². The molecule has 0 aliphatic heterocycles. The van der Waals surface area contributed by atoms with Crippen LogP contribution in [0.1, 0.15) is 39.0 Å². The molecule has 0 radical (unpaired) electrons. The van der Waals surface area contributed by atoms with Gasteiger partial charge in [-0.1, -0.05) is 6.42 Å². The third-order valence-corrected chi connectivity index (χ3v) is 2.13. The van der Waals surface area contributed by atoms with E-state index in [1.54, 1.807) is 6.92 Å². The van der Waals surface area contributed by atoms with Crippen molar-refractivity contribution in [3.05, 3.63) is 0 Å². The fraction of sp³-hybridized carbons (Fsp3) is 0.900. The van der Waals surface area contributed by atoms with Gasteiger partial charge in [-0.25, -0.2) is 0 Å². The van der Waals surface area contributed by atoms with E-state index in [4.69, 9.17) is 16.3 Å². The highest BCUT2D eigenvalue weighted by atomic mass is 35.5. The number of esters is 1. The van der Waals surface area contributed by atoms with Crippen molar-refractivity contribution in [3.8, 4) is 0 Å². The summed E-state index contributed by atoms with van der Waals surface area (Å²) in [4.78, 5) is 10.9. The van der Waals surface area contributed by atoms with Crippen LogP contribution in [0.25, 0.3) is 0 Å². The predicted molar refractivity (Wildman–Crippen MR) is 56.4 cm³/mol. The largest absolute Gasteiger partial charge is 0.466 e. The molecule has 0 aliphatic rings. The number of ether oxygens (including phenoxy) is 1. The van der Waals surface area contributed by atoms with Gasteiger partial charge < -0.3 is 9.84 Å². The minimum absolute atomic E-state index is 0.153. The van der Waals surface area contributed by atoms with E-state index in [0.29, 0.717) is 31.7 Å². The van der Waals surface area contributed by atoms with Crippen molar-refractivity contribution in [2.75, 3.05) is 12.5 Å². The van der Waals surface area contributed by atoms with Crippen molar-refractivity contribution >= 4 is 17.6 Å². The first kappa shape index (κ1) is 13.7. The number of unbranched alkanes of at least 4 members (excludes halogenated alkanes) is 1. The quantitative estimate of drug-likeness (QED) is 0.389. The number of aliphatic hydroxyl groups excluding tert-OH is 1. The van der Waals surface area contributed by atoms with E-state index in [1.165, 1.54) is 0 Å². The molecular formula is C10H19ClO3. The summed E-state index contributed by atoms with van der Waals surface area (Å²) >= 11 is 5.47. The van der Waals surface area contributed by atoms with Gasteiger partial charge in [0, 0.05) is 12.3 Å². The van der Waals surface area contributed by atoms with Gasteiger partial charge in [0.25, 0.3) is 0 Å². The topological polar surface area (TPSA) is 46.5 Å². The number of halogens is 1. The van der Waals surface area contributed by atoms with Crippen LogP contribution in [-0.4, -0.2) is 29.7 Å². The van der Waals surface area contributed by atoms with Crippen LogP contribution in [0.2, 0.25) is 0 Å². The van der Waals surface area contributed by atoms with Crippen LogP contribution in [0, 0.1) is 0 Å². The highest BCUT2D eigenvalue weighted by Gasteiger charge is 2.04. The van der Waals surface area contributed by atoms with E-state index in [1.807, 2.05) is 0 Å². The highest BCUT2D eigenvalue weighted by molar-refractivity contribution is 6.17. The molecular weight excluding hydrogens is 204 g/mol. The van der Waals surface area contributed by atoms with Gasteiger partial charge in [0.2, 0.25) is 0 Å². The SMILES string of the molecule is CCOC(=O)CCCCC(O)CCCl. The Morgan fingerprint density at radius 1 is 1.43 bits per heavy atom. The lowest BCUT2D eigenvalue weighted by molar-refractivity contribution is -0.143. The Bertz CT molecular complexity index is 150. The molecule has 0 aromatic carbocycles. The Hall–Kier alpha value is -0.280. The second-order valence-electron chi connectivity index (χ2n) is 3.18. The third-order valence-electron chi connectivity index (χ3n) is 1.92. The van der Waals surface area contributed by atoms with E-state index in [9.17, 15) is 9.90 Å². The normalized spacial score (nSPS) is 12.5. The van der Waals surface area contributed by atoms with Gasteiger partial charge in [0.05, 0.1) is 12.7 Å². The molecule has 0 aromatic rings. The number of hydrogen-bond donors (Lipinski definition) is 1. The standard InChI is InChI=1S/C10H19ClO3/c1-2-14-10(13)6-4-3-5-9(12)7-8-11/h9,12H,2-8H2,1H3. The molecule has 0 spiro atoms. The molecule has 0 bridgehead atoms. The van der Waals surface area contributed by atoms with Crippen LogP contribution in [0.3, 0.4) is 0 Å². The highest BCUT2D eigenvalue weighted by Crippen LogP contribution is 2.07. The number of aliphatic hydroxyl groups is 1. The zero-order valence-corrected chi connectivity index (χ0v) is 9.42. The lowest BCUT2D eigenvalue weighted by atomic mass is 10.1. The average Bonchev–Trinajstić information content (AvgIpc) is 2.13. The van der Waals surface area contributed by atoms with Gasteiger partial charge in [-0.15, -0.1) is 11.6 Å². The molecule has 0 heterocycles. The van der Waals surface area contributed by atoms with Crippen LogP contribution in [0.15, 0.2) is 0 Å². The molecule has 1 atom stereocenters.